The fraction of sp³-hybridized carbons (Fsp3) is 0.292. The van der Waals surface area contributed by atoms with Crippen LogP contribution in [0.5, 0.6) is 11.5 Å². The fourth-order valence-corrected chi connectivity index (χ4v) is 5.30. The lowest BCUT2D eigenvalue weighted by molar-refractivity contribution is -0.122. The van der Waals surface area contributed by atoms with Crippen molar-refractivity contribution in [2.75, 3.05) is 19.6 Å². The van der Waals surface area contributed by atoms with Crippen molar-refractivity contribution in [3.63, 3.8) is 0 Å². The number of thiophene rings is 1. The number of carbonyl (C=O) groups is 1. The second kappa shape index (κ2) is 8.01. The highest BCUT2D eigenvalue weighted by Crippen LogP contribution is 2.44. The third kappa shape index (κ3) is 3.56. The van der Waals surface area contributed by atoms with Gasteiger partial charge in [0.15, 0.2) is 0 Å². The molecule has 1 N–H and O–H groups in total. The van der Waals surface area contributed by atoms with Crippen LogP contribution in [0.25, 0.3) is 0 Å². The van der Waals surface area contributed by atoms with Crippen LogP contribution >= 0.6 is 11.3 Å². The maximum absolute atomic E-state index is 13.4. The highest BCUT2D eigenvalue weighted by molar-refractivity contribution is 7.10. The summed E-state index contributed by atoms with van der Waals surface area (Å²) in [5, 5.41) is 5.39. The number of rotatable bonds is 5. The van der Waals surface area contributed by atoms with E-state index in [-0.39, 0.29) is 17.9 Å². The lowest BCUT2D eigenvalue weighted by Gasteiger charge is -2.30. The molecular formula is C24H24N2O2S. The standard InChI is InChI=1S/C24H24N2O2S/c27-24(25-16-19(22-12-7-15-29-22)26-13-5-6-14-26)23-17-8-1-3-10-20(17)28-21-11-4-2-9-18(21)23/h1-4,7-12,15,19,23H,5-6,13-14,16H2,(H,25,27). The molecule has 1 atom stereocenters. The molecule has 1 unspecified atom stereocenters. The largest absolute Gasteiger partial charge is 0.457 e. The number of para-hydroxylation sites is 2. The Morgan fingerprint density at radius 2 is 1.66 bits per heavy atom. The number of likely N-dealkylation sites (tertiary alicyclic amines) is 1. The fourth-order valence-electron chi connectivity index (χ4n) is 4.44. The van der Waals surface area contributed by atoms with Gasteiger partial charge in [-0.05, 0) is 49.5 Å². The van der Waals surface area contributed by atoms with Crippen LogP contribution in [0.3, 0.4) is 0 Å². The molecule has 148 valence electrons. The average Bonchev–Trinajstić information content (AvgIpc) is 3.47. The van der Waals surface area contributed by atoms with Gasteiger partial charge < -0.3 is 10.1 Å². The summed E-state index contributed by atoms with van der Waals surface area (Å²) in [6.07, 6.45) is 2.47. The van der Waals surface area contributed by atoms with E-state index >= 15 is 0 Å². The van der Waals surface area contributed by atoms with Crippen molar-refractivity contribution >= 4 is 17.2 Å². The van der Waals surface area contributed by atoms with Gasteiger partial charge in [-0.2, -0.15) is 0 Å². The number of benzene rings is 2. The Morgan fingerprint density at radius 1 is 1.00 bits per heavy atom. The molecule has 0 radical (unpaired) electrons. The zero-order chi connectivity index (χ0) is 19.6. The molecule has 4 nitrogen and oxygen atoms in total. The normalized spacial score (nSPS) is 17.2. The molecule has 5 heteroatoms. The van der Waals surface area contributed by atoms with Gasteiger partial charge in [0, 0.05) is 22.5 Å². The van der Waals surface area contributed by atoms with Crippen molar-refractivity contribution in [1.29, 1.82) is 0 Å². The smallest absolute Gasteiger partial charge is 0.232 e. The summed E-state index contributed by atoms with van der Waals surface area (Å²) in [6, 6.07) is 20.2. The van der Waals surface area contributed by atoms with E-state index in [1.54, 1.807) is 11.3 Å². The van der Waals surface area contributed by atoms with Crippen molar-refractivity contribution in [3.8, 4) is 11.5 Å². The van der Waals surface area contributed by atoms with Gasteiger partial charge in [0.1, 0.15) is 11.5 Å². The average molecular weight is 405 g/mol. The van der Waals surface area contributed by atoms with E-state index in [0.29, 0.717) is 6.54 Å². The molecular weight excluding hydrogens is 380 g/mol. The zero-order valence-electron chi connectivity index (χ0n) is 16.2. The number of hydrogen-bond acceptors (Lipinski definition) is 4. The molecule has 1 amide bonds. The van der Waals surface area contributed by atoms with Crippen molar-refractivity contribution < 1.29 is 9.53 Å². The van der Waals surface area contributed by atoms with E-state index in [4.69, 9.17) is 4.74 Å². The molecule has 5 rings (SSSR count). The Kier molecular flexibility index (Phi) is 5.08. The Balaban J connectivity index is 1.41. The van der Waals surface area contributed by atoms with Crippen LogP contribution in [0.1, 0.15) is 40.8 Å². The quantitative estimate of drug-likeness (QED) is 0.655. The Morgan fingerprint density at radius 3 is 2.28 bits per heavy atom. The summed E-state index contributed by atoms with van der Waals surface area (Å²) in [5.74, 6) is 1.22. The SMILES string of the molecule is O=C(NCC(c1cccs1)N1CCCC1)C1c2ccccc2Oc2ccccc21. The van der Waals surface area contributed by atoms with E-state index in [1.165, 1.54) is 17.7 Å². The summed E-state index contributed by atoms with van der Waals surface area (Å²) >= 11 is 1.77. The zero-order valence-corrected chi connectivity index (χ0v) is 17.0. The van der Waals surface area contributed by atoms with Crippen LogP contribution in [0.4, 0.5) is 0 Å². The molecule has 0 spiro atoms. The molecule has 1 saturated heterocycles. The number of amides is 1. The van der Waals surface area contributed by atoms with Gasteiger partial charge in [-0.25, -0.2) is 0 Å². The highest BCUT2D eigenvalue weighted by atomic mass is 32.1. The van der Waals surface area contributed by atoms with Crippen LogP contribution in [0, 0.1) is 0 Å². The predicted molar refractivity (Wildman–Crippen MR) is 116 cm³/mol. The number of ether oxygens (including phenoxy) is 1. The van der Waals surface area contributed by atoms with Crippen molar-refractivity contribution in [1.82, 2.24) is 10.2 Å². The maximum atomic E-state index is 13.4. The van der Waals surface area contributed by atoms with Gasteiger partial charge in [-0.3, -0.25) is 9.69 Å². The number of hydrogen-bond donors (Lipinski definition) is 1. The van der Waals surface area contributed by atoms with Gasteiger partial charge in [-0.1, -0.05) is 42.5 Å². The molecule has 1 fully saturated rings. The monoisotopic (exact) mass is 404 g/mol. The van der Waals surface area contributed by atoms with E-state index in [2.05, 4.69) is 27.7 Å². The second-order valence-corrected chi connectivity index (χ2v) is 8.61. The molecule has 3 heterocycles. The van der Waals surface area contributed by atoms with Crippen molar-refractivity contribution in [2.45, 2.75) is 24.8 Å². The highest BCUT2D eigenvalue weighted by Gasteiger charge is 2.33. The molecule has 3 aromatic rings. The minimum atomic E-state index is -0.348. The van der Waals surface area contributed by atoms with Crippen molar-refractivity contribution in [2.24, 2.45) is 0 Å². The first kappa shape index (κ1) is 18.4. The molecule has 0 saturated carbocycles. The first-order chi connectivity index (χ1) is 14.3. The summed E-state index contributed by atoms with van der Waals surface area (Å²) in [5.41, 5.74) is 1.86. The number of nitrogens with one attached hydrogen (secondary N) is 1. The molecule has 2 aromatic carbocycles. The molecule has 2 aliphatic heterocycles. The first-order valence-electron chi connectivity index (χ1n) is 10.2. The van der Waals surface area contributed by atoms with Crippen LogP contribution in [0.2, 0.25) is 0 Å². The van der Waals surface area contributed by atoms with E-state index in [1.807, 2.05) is 48.5 Å². The minimum absolute atomic E-state index is 0.0361. The van der Waals surface area contributed by atoms with Crippen LogP contribution in [0.15, 0.2) is 66.0 Å². The lowest BCUT2D eigenvalue weighted by Crippen LogP contribution is -2.39. The predicted octanol–water partition coefficient (Wildman–Crippen LogP) is 4.94. The summed E-state index contributed by atoms with van der Waals surface area (Å²) < 4.78 is 6.04. The van der Waals surface area contributed by atoms with Gasteiger partial charge in [0.2, 0.25) is 5.91 Å². The third-order valence-electron chi connectivity index (χ3n) is 5.86. The molecule has 0 bridgehead atoms. The van der Waals surface area contributed by atoms with Gasteiger partial charge in [0.05, 0.1) is 12.0 Å². The topological polar surface area (TPSA) is 41.6 Å². The number of nitrogens with zero attached hydrogens (tertiary/aromatic N) is 1. The molecule has 29 heavy (non-hydrogen) atoms. The van der Waals surface area contributed by atoms with Crippen molar-refractivity contribution in [3.05, 3.63) is 82.0 Å². The Bertz CT molecular complexity index is 950. The Labute approximate surface area is 175 Å². The van der Waals surface area contributed by atoms with Crippen LogP contribution < -0.4 is 10.1 Å². The first-order valence-corrected chi connectivity index (χ1v) is 11.1. The molecule has 0 aliphatic carbocycles. The van der Waals surface area contributed by atoms with Gasteiger partial charge >= 0.3 is 0 Å². The summed E-state index contributed by atoms with van der Waals surface area (Å²) in [7, 11) is 0. The Hall–Kier alpha value is -2.63. The number of fused-ring (bicyclic) bond motifs is 2. The molecule has 2 aliphatic rings. The van der Waals surface area contributed by atoms with Crippen LogP contribution in [-0.2, 0) is 4.79 Å². The van der Waals surface area contributed by atoms with E-state index < -0.39 is 0 Å². The van der Waals surface area contributed by atoms with Crippen LogP contribution in [-0.4, -0.2) is 30.4 Å². The third-order valence-corrected chi connectivity index (χ3v) is 6.84. The van der Waals surface area contributed by atoms with E-state index in [9.17, 15) is 4.79 Å². The second-order valence-electron chi connectivity index (χ2n) is 7.63. The van der Waals surface area contributed by atoms with E-state index in [0.717, 1.165) is 35.7 Å². The lowest BCUT2D eigenvalue weighted by atomic mass is 9.87. The summed E-state index contributed by atoms with van der Waals surface area (Å²) in [6.45, 7) is 2.82. The molecule has 1 aromatic heterocycles. The maximum Gasteiger partial charge on any atom is 0.232 e. The number of carbonyl (C=O) groups excluding carboxylic acids is 1. The minimum Gasteiger partial charge on any atom is -0.457 e. The van der Waals surface area contributed by atoms with Gasteiger partial charge in [0.25, 0.3) is 0 Å². The van der Waals surface area contributed by atoms with Gasteiger partial charge in [-0.15, -0.1) is 11.3 Å². The summed E-state index contributed by atoms with van der Waals surface area (Å²) in [4.78, 5) is 17.2.